The van der Waals surface area contributed by atoms with Crippen LogP contribution in [0.25, 0.3) is 0 Å². The molecule has 98 valence electrons. The molecule has 1 aliphatic heterocycles. The second kappa shape index (κ2) is 7.29. The molecule has 0 aromatic rings. The first-order valence-corrected chi connectivity index (χ1v) is 6.96. The molecule has 0 unspecified atom stereocenters. The van der Waals surface area contributed by atoms with Crippen LogP contribution in [0, 0.1) is 0 Å². The maximum Gasteiger partial charge on any atom is 0.0151 e. The van der Waals surface area contributed by atoms with Gasteiger partial charge in [-0.25, -0.2) is 0 Å². The zero-order valence-electron chi connectivity index (χ0n) is 12.5. The molecule has 0 amide bonds. The van der Waals surface area contributed by atoms with Crippen molar-refractivity contribution < 1.29 is 0 Å². The van der Waals surface area contributed by atoms with Gasteiger partial charge in [0.2, 0.25) is 0 Å². The molecule has 16 heavy (non-hydrogen) atoms. The van der Waals surface area contributed by atoms with Crippen LogP contribution in [0.2, 0.25) is 0 Å². The summed E-state index contributed by atoms with van der Waals surface area (Å²) in [6, 6.07) is 0.710. The number of nitrogens with zero attached hydrogens (tertiary/aromatic N) is 2. The molecule has 0 radical (unpaired) electrons. The van der Waals surface area contributed by atoms with E-state index in [0.29, 0.717) is 11.6 Å². The van der Waals surface area contributed by atoms with Crippen molar-refractivity contribution in [3.8, 4) is 0 Å². The molecule has 2 heteroatoms. The molecule has 1 aliphatic rings. The fourth-order valence-electron chi connectivity index (χ4n) is 2.07. The Morgan fingerprint density at radius 1 is 1.00 bits per heavy atom. The number of piperazine rings is 1. The van der Waals surface area contributed by atoms with Gasteiger partial charge >= 0.3 is 0 Å². The molecule has 1 heterocycles. The molecule has 0 saturated carbocycles. The van der Waals surface area contributed by atoms with E-state index in [2.05, 4.69) is 44.4 Å². The van der Waals surface area contributed by atoms with Crippen LogP contribution in [0.4, 0.5) is 0 Å². The molecule has 0 aliphatic carbocycles. The lowest BCUT2D eigenvalue weighted by Gasteiger charge is -2.44. The van der Waals surface area contributed by atoms with E-state index in [1.807, 2.05) is 13.8 Å². The van der Waals surface area contributed by atoms with Gasteiger partial charge in [0, 0.05) is 37.8 Å². The molecule has 0 bridgehead atoms. The van der Waals surface area contributed by atoms with Gasteiger partial charge in [-0.1, -0.05) is 20.8 Å². The summed E-state index contributed by atoms with van der Waals surface area (Å²) in [5.74, 6) is 0. The number of hydrogen-bond donors (Lipinski definition) is 0. The van der Waals surface area contributed by atoms with Crippen molar-refractivity contribution in [1.29, 1.82) is 0 Å². The first kappa shape index (κ1) is 15.9. The zero-order chi connectivity index (χ0) is 12.8. The lowest BCUT2D eigenvalue weighted by molar-refractivity contribution is 0.0383. The molecular formula is C14H32N2. The summed E-state index contributed by atoms with van der Waals surface area (Å²) >= 11 is 0. The summed E-state index contributed by atoms with van der Waals surface area (Å²) in [5.41, 5.74) is 0.392. The predicted octanol–water partition coefficient (Wildman–Crippen LogP) is 3.23. The minimum Gasteiger partial charge on any atom is -0.298 e. The van der Waals surface area contributed by atoms with E-state index in [0.717, 1.165) is 0 Å². The zero-order valence-corrected chi connectivity index (χ0v) is 12.5. The summed E-state index contributed by atoms with van der Waals surface area (Å²) in [7, 11) is 0. The quantitative estimate of drug-likeness (QED) is 0.732. The molecule has 1 rings (SSSR count). The van der Waals surface area contributed by atoms with Crippen LogP contribution < -0.4 is 0 Å². The van der Waals surface area contributed by atoms with Gasteiger partial charge in [-0.3, -0.25) is 9.80 Å². The average molecular weight is 228 g/mol. The predicted molar refractivity (Wildman–Crippen MR) is 74.0 cm³/mol. The Morgan fingerprint density at radius 3 is 1.75 bits per heavy atom. The van der Waals surface area contributed by atoms with Crippen LogP contribution >= 0.6 is 0 Å². The van der Waals surface area contributed by atoms with Crippen molar-refractivity contribution in [3.05, 3.63) is 0 Å². The Hall–Kier alpha value is -0.0800. The molecule has 0 atom stereocenters. The highest BCUT2D eigenvalue weighted by molar-refractivity contribution is 4.85. The molecule has 0 aromatic heterocycles. The van der Waals surface area contributed by atoms with E-state index < -0.39 is 0 Å². The lowest BCUT2D eigenvalue weighted by Crippen LogP contribution is -2.55. The average Bonchev–Trinajstić information content (AvgIpc) is 2.32. The maximum absolute atomic E-state index is 2.63. The second-order valence-corrected chi connectivity index (χ2v) is 5.28. The van der Waals surface area contributed by atoms with Crippen LogP contribution in [-0.4, -0.2) is 47.6 Å². The molecule has 1 saturated heterocycles. The monoisotopic (exact) mass is 228 g/mol. The highest BCUT2D eigenvalue weighted by Crippen LogP contribution is 2.20. The standard InChI is InChI=1S/C12H26N2.C2H6/c1-6-12(4,5)14-9-7-13(8-10-14)11(2)3;1-2/h11H,6-10H2,1-5H3;1-2H3. The molecular weight excluding hydrogens is 196 g/mol. The van der Waals surface area contributed by atoms with Gasteiger partial charge in [-0.05, 0) is 34.1 Å². The van der Waals surface area contributed by atoms with Crippen LogP contribution in [-0.2, 0) is 0 Å². The highest BCUT2D eigenvalue weighted by Gasteiger charge is 2.28. The van der Waals surface area contributed by atoms with E-state index >= 15 is 0 Å². The van der Waals surface area contributed by atoms with Crippen LogP contribution in [0.3, 0.4) is 0 Å². The first-order chi connectivity index (χ1) is 7.47. The molecule has 0 aromatic carbocycles. The van der Waals surface area contributed by atoms with Gasteiger partial charge < -0.3 is 0 Å². The Morgan fingerprint density at radius 2 is 1.44 bits per heavy atom. The fourth-order valence-corrected chi connectivity index (χ4v) is 2.07. The van der Waals surface area contributed by atoms with E-state index in [4.69, 9.17) is 0 Å². The van der Waals surface area contributed by atoms with Crippen molar-refractivity contribution in [1.82, 2.24) is 9.80 Å². The Kier molecular flexibility index (Phi) is 7.25. The summed E-state index contributed by atoms with van der Waals surface area (Å²) < 4.78 is 0. The van der Waals surface area contributed by atoms with E-state index in [1.165, 1.54) is 32.6 Å². The first-order valence-electron chi connectivity index (χ1n) is 6.96. The van der Waals surface area contributed by atoms with Gasteiger partial charge in [-0.15, -0.1) is 0 Å². The summed E-state index contributed by atoms with van der Waals surface area (Å²) in [6.45, 7) is 20.5. The minimum absolute atomic E-state index is 0.392. The summed E-state index contributed by atoms with van der Waals surface area (Å²) in [6.07, 6.45) is 1.24. The third-order valence-corrected chi connectivity index (χ3v) is 3.77. The van der Waals surface area contributed by atoms with Gasteiger partial charge in [-0.2, -0.15) is 0 Å². The highest BCUT2D eigenvalue weighted by atomic mass is 15.3. The van der Waals surface area contributed by atoms with Crippen LogP contribution in [0.15, 0.2) is 0 Å². The smallest absolute Gasteiger partial charge is 0.0151 e. The van der Waals surface area contributed by atoms with Gasteiger partial charge in [0.15, 0.2) is 0 Å². The normalized spacial score (nSPS) is 19.5. The van der Waals surface area contributed by atoms with Crippen LogP contribution in [0.1, 0.15) is 54.9 Å². The van der Waals surface area contributed by atoms with E-state index in [-0.39, 0.29) is 0 Å². The Bertz CT molecular complexity index is 168. The summed E-state index contributed by atoms with van der Waals surface area (Å²) in [4.78, 5) is 5.20. The Labute approximate surface area is 103 Å². The van der Waals surface area contributed by atoms with E-state index in [9.17, 15) is 0 Å². The third-order valence-electron chi connectivity index (χ3n) is 3.77. The number of hydrogen-bond acceptors (Lipinski definition) is 2. The molecule has 0 spiro atoms. The molecule has 1 fully saturated rings. The maximum atomic E-state index is 2.63. The SMILES string of the molecule is CC.CCC(C)(C)N1CCN(C(C)C)CC1. The van der Waals surface area contributed by atoms with E-state index in [1.54, 1.807) is 0 Å². The van der Waals surface area contributed by atoms with Crippen LogP contribution in [0.5, 0.6) is 0 Å². The summed E-state index contributed by atoms with van der Waals surface area (Å²) in [5, 5.41) is 0. The molecule has 0 N–H and O–H groups in total. The lowest BCUT2D eigenvalue weighted by atomic mass is 9.98. The van der Waals surface area contributed by atoms with Crippen molar-refractivity contribution in [3.63, 3.8) is 0 Å². The number of rotatable bonds is 3. The van der Waals surface area contributed by atoms with Crippen molar-refractivity contribution in [2.45, 2.75) is 66.5 Å². The van der Waals surface area contributed by atoms with Crippen molar-refractivity contribution in [2.75, 3.05) is 26.2 Å². The topological polar surface area (TPSA) is 6.48 Å². The second-order valence-electron chi connectivity index (χ2n) is 5.28. The Balaban J connectivity index is 0.00000106. The van der Waals surface area contributed by atoms with Gasteiger partial charge in [0.05, 0.1) is 0 Å². The molecule has 2 nitrogen and oxygen atoms in total. The third kappa shape index (κ3) is 4.42. The van der Waals surface area contributed by atoms with Crippen molar-refractivity contribution in [2.24, 2.45) is 0 Å². The van der Waals surface area contributed by atoms with Gasteiger partial charge in [0.25, 0.3) is 0 Å². The minimum atomic E-state index is 0.392. The van der Waals surface area contributed by atoms with Gasteiger partial charge in [0.1, 0.15) is 0 Å². The van der Waals surface area contributed by atoms with Crippen molar-refractivity contribution >= 4 is 0 Å². The largest absolute Gasteiger partial charge is 0.298 e. The fraction of sp³-hybridized carbons (Fsp3) is 1.00.